The summed E-state index contributed by atoms with van der Waals surface area (Å²) in [5.41, 5.74) is 8.07. The molecule has 5 heterocycles. The number of allylic oxidation sites excluding steroid dienone is 2. The second-order valence-corrected chi connectivity index (χ2v) is 10.1. The van der Waals surface area contributed by atoms with Gasteiger partial charge in [-0.2, -0.15) is 5.26 Å². The third-order valence-electron chi connectivity index (χ3n) is 8.17. The lowest BCUT2D eigenvalue weighted by Gasteiger charge is -2.34. The second-order valence-electron chi connectivity index (χ2n) is 10.1. The van der Waals surface area contributed by atoms with E-state index in [4.69, 9.17) is 10.2 Å². The maximum atomic E-state index is 9.15. The number of nitriles is 1. The zero-order valence-electron chi connectivity index (χ0n) is 19.4. The van der Waals surface area contributed by atoms with Gasteiger partial charge >= 0.3 is 0 Å². The number of fused-ring (bicyclic) bond motifs is 5. The van der Waals surface area contributed by atoms with E-state index >= 15 is 0 Å². The van der Waals surface area contributed by atoms with E-state index in [1.54, 1.807) is 0 Å². The first-order chi connectivity index (χ1) is 16.7. The highest BCUT2D eigenvalue weighted by molar-refractivity contribution is 5.76. The monoisotopic (exact) mass is 448 g/mol. The van der Waals surface area contributed by atoms with Gasteiger partial charge in [-0.1, -0.05) is 18.2 Å². The second kappa shape index (κ2) is 7.56. The molecule has 6 heteroatoms. The summed E-state index contributed by atoms with van der Waals surface area (Å²) in [6.07, 6.45) is 12.6. The Bertz CT molecular complexity index is 1380. The Hall–Kier alpha value is -3.40. The maximum absolute atomic E-state index is 9.15. The predicted octanol–water partition coefficient (Wildman–Crippen LogP) is 4.19. The third kappa shape index (κ3) is 2.97. The number of rotatable bonds is 2. The molecule has 0 radical (unpaired) electrons. The Labute approximate surface area is 199 Å². The average Bonchev–Trinajstić information content (AvgIpc) is 3.62. The van der Waals surface area contributed by atoms with Crippen molar-refractivity contribution in [2.24, 2.45) is 0 Å². The van der Waals surface area contributed by atoms with Crippen molar-refractivity contribution < 1.29 is 0 Å². The molecule has 3 aromatic rings. The molecule has 2 fully saturated rings. The van der Waals surface area contributed by atoms with E-state index < -0.39 is 0 Å². The average molecular weight is 449 g/mol. The number of likely N-dealkylation sites (tertiary alicyclic amines) is 1. The lowest BCUT2D eigenvalue weighted by Crippen LogP contribution is -2.41. The van der Waals surface area contributed by atoms with Gasteiger partial charge in [0, 0.05) is 60.6 Å². The highest BCUT2D eigenvalue weighted by Crippen LogP contribution is 2.39. The van der Waals surface area contributed by atoms with E-state index in [0.717, 1.165) is 42.2 Å². The summed E-state index contributed by atoms with van der Waals surface area (Å²) in [6.45, 7) is 5.37. The van der Waals surface area contributed by atoms with Crippen molar-refractivity contribution in [3.63, 3.8) is 0 Å². The number of imidazole rings is 1. The molecule has 6 nitrogen and oxygen atoms in total. The van der Waals surface area contributed by atoms with E-state index in [2.05, 4.69) is 56.8 Å². The van der Waals surface area contributed by atoms with Crippen LogP contribution in [0.15, 0.2) is 60.5 Å². The fraction of sp³-hybridized carbons (Fsp3) is 0.357. The lowest BCUT2D eigenvalue weighted by atomic mass is 9.95. The number of nitrogens with one attached hydrogen (secondary N) is 1. The molecule has 34 heavy (non-hydrogen) atoms. The zero-order chi connectivity index (χ0) is 22.8. The van der Waals surface area contributed by atoms with Crippen molar-refractivity contribution in [1.82, 2.24) is 24.3 Å². The molecule has 0 spiro atoms. The van der Waals surface area contributed by atoms with Crippen molar-refractivity contribution in [3.05, 3.63) is 71.7 Å². The van der Waals surface area contributed by atoms with Gasteiger partial charge in [0.05, 0.1) is 17.3 Å². The fourth-order valence-corrected chi connectivity index (χ4v) is 6.51. The molecule has 1 aromatic carbocycles. The first-order valence-electron chi connectivity index (χ1n) is 12.3. The molecule has 1 unspecified atom stereocenters. The van der Waals surface area contributed by atoms with Crippen LogP contribution in [0, 0.1) is 18.3 Å². The van der Waals surface area contributed by atoms with Gasteiger partial charge in [0.2, 0.25) is 0 Å². The minimum Gasteiger partial charge on any atom is -0.340 e. The number of aromatic nitrogens is 3. The molecule has 1 N–H and O–H groups in total. The molecule has 3 aliphatic heterocycles. The van der Waals surface area contributed by atoms with Gasteiger partial charge in [0.1, 0.15) is 0 Å². The fourth-order valence-electron chi connectivity index (χ4n) is 6.51. The molecular formula is C28H28N6. The summed E-state index contributed by atoms with van der Waals surface area (Å²) < 4.78 is 4.71. The van der Waals surface area contributed by atoms with Crippen molar-refractivity contribution >= 4 is 5.70 Å². The van der Waals surface area contributed by atoms with Crippen LogP contribution in [-0.2, 0) is 6.54 Å². The summed E-state index contributed by atoms with van der Waals surface area (Å²) in [6, 6.07) is 14.1. The number of aryl methyl sites for hydroxylation is 1. The van der Waals surface area contributed by atoms with Crippen molar-refractivity contribution in [2.75, 3.05) is 13.1 Å². The van der Waals surface area contributed by atoms with E-state index in [1.807, 2.05) is 30.5 Å². The van der Waals surface area contributed by atoms with E-state index in [1.165, 1.54) is 36.4 Å². The van der Waals surface area contributed by atoms with E-state index in [9.17, 15) is 0 Å². The largest absolute Gasteiger partial charge is 0.340 e. The van der Waals surface area contributed by atoms with Crippen LogP contribution in [-0.4, -0.2) is 50.2 Å². The van der Waals surface area contributed by atoms with Crippen LogP contribution in [0.5, 0.6) is 0 Å². The van der Waals surface area contributed by atoms with Gasteiger partial charge in [-0.3, -0.25) is 9.47 Å². The van der Waals surface area contributed by atoms with Gasteiger partial charge in [0.15, 0.2) is 5.82 Å². The minimum absolute atomic E-state index is 0.469. The van der Waals surface area contributed by atoms with Crippen LogP contribution < -0.4 is 5.32 Å². The Balaban J connectivity index is 1.27. The summed E-state index contributed by atoms with van der Waals surface area (Å²) in [7, 11) is 0. The third-order valence-corrected chi connectivity index (χ3v) is 8.17. The number of benzene rings is 1. The summed E-state index contributed by atoms with van der Waals surface area (Å²) in [5, 5.41) is 12.8. The van der Waals surface area contributed by atoms with Crippen molar-refractivity contribution in [2.45, 2.75) is 50.9 Å². The SMILES string of the molecule is Cc1cnc2n1C1=C(CC(N3CC[C@@H]4NCC[C@@H]43)C=C1)Cn1cc(-c3ccc(C#N)cc3)cc1-2. The van der Waals surface area contributed by atoms with Crippen molar-refractivity contribution in [3.8, 4) is 28.7 Å². The number of hydrogen-bond acceptors (Lipinski definition) is 4. The highest BCUT2D eigenvalue weighted by atomic mass is 15.3. The molecule has 4 aliphatic rings. The molecule has 0 saturated carbocycles. The quantitative estimate of drug-likeness (QED) is 0.639. The molecule has 0 amide bonds. The standard InChI is InChI=1S/C28H28N6/c1-18-15-31-28-27-13-21(20-4-2-19(14-29)3-5-20)16-32(27)17-22-12-23(6-7-25(22)34(18)28)33-11-9-24-26(33)8-10-30-24/h2-7,13,15-16,23-24,26,30H,8-12,17H2,1H3/t23?,24-,26-/m0/s1. The summed E-state index contributed by atoms with van der Waals surface area (Å²) >= 11 is 0. The van der Waals surface area contributed by atoms with Gasteiger partial charge < -0.3 is 9.88 Å². The minimum atomic E-state index is 0.469. The van der Waals surface area contributed by atoms with Crippen LogP contribution in [0.4, 0.5) is 0 Å². The topological polar surface area (TPSA) is 61.8 Å². The Morgan fingerprint density at radius 2 is 2.03 bits per heavy atom. The first kappa shape index (κ1) is 20.0. The summed E-state index contributed by atoms with van der Waals surface area (Å²) in [4.78, 5) is 7.58. The van der Waals surface area contributed by atoms with Crippen LogP contribution in [0.25, 0.3) is 28.3 Å². The van der Waals surface area contributed by atoms with Crippen LogP contribution >= 0.6 is 0 Å². The molecule has 7 rings (SSSR count). The molecule has 3 atom stereocenters. The smallest absolute Gasteiger partial charge is 0.161 e. The highest BCUT2D eigenvalue weighted by Gasteiger charge is 2.41. The number of nitrogens with zero attached hydrogens (tertiary/aromatic N) is 5. The molecule has 0 bridgehead atoms. The van der Waals surface area contributed by atoms with E-state index in [0.29, 0.717) is 23.7 Å². The predicted molar refractivity (Wildman–Crippen MR) is 133 cm³/mol. The van der Waals surface area contributed by atoms with Gasteiger partial charge in [-0.05, 0) is 68.1 Å². The molecule has 2 saturated heterocycles. The molecule has 170 valence electrons. The van der Waals surface area contributed by atoms with Gasteiger partial charge in [-0.15, -0.1) is 0 Å². The number of hydrogen-bond donors (Lipinski definition) is 1. The van der Waals surface area contributed by atoms with E-state index in [-0.39, 0.29) is 0 Å². The van der Waals surface area contributed by atoms with Crippen LogP contribution in [0.3, 0.4) is 0 Å². The van der Waals surface area contributed by atoms with Crippen LogP contribution in [0.1, 0.15) is 30.5 Å². The molecular weight excluding hydrogens is 420 g/mol. The van der Waals surface area contributed by atoms with Crippen LogP contribution in [0.2, 0.25) is 0 Å². The Morgan fingerprint density at radius 1 is 1.15 bits per heavy atom. The summed E-state index contributed by atoms with van der Waals surface area (Å²) in [5.74, 6) is 1.01. The van der Waals surface area contributed by atoms with Crippen molar-refractivity contribution in [1.29, 1.82) is 5.26 Å². The van der Waals surface area contributed by atoms with Gasteiger partial charge in [0.25, 0.3) is 0 Å². The molecule has 2 aromatic heterocycles. The normalized spacial score (nSPS) is 25.5. The first-order valence-corrected chi connectivity index (χ1v) is 12.3. The zero-order valence-corrected chi connectivity index (χ0v) is 19.4. The Kier molecular flexibility index (Phi) is 4.45. The maximum Gasteiger partial charge on any atom is 0.161 e. The Morgan fingerprint density at radius 3 is 2.88 bits per heavy atom. The lowest BCUT2D eigenvalue weighted by molar-refractivity contribution is 0.207. The van der Waals surface area contributed by atoms with Gasteiger partial charge in [-0.25, -0.2) is 4.98 Å². The molecule has 1 aliphatic carbocycles.